The van der Waals surface area contributed by atoms with E-state index >= 15 is 0 Å². The number of hydrogen-bond donors (Lipinski definition) is 2. The lowest BCUT2D eigenvalue weighted by atomic mass is 10.0. The van der Waals surface area contributed by atoms with E-state index in [1.165, 1.54) is 0 Å². The van der Waals surface area contributed by atoms with Crippen LogP contribution in [-0.4, -0.2) is 47.9 Å². The first-order valence-corrected chi connectivity index (χ1v) is 10.6. The second-order valence-corrected chi connectivity index (χ2v) is 8.43. The second-order valence-electron chi connectivity index (χ2n) is 8.43. The number of nitrogens with zero attached hydrogens (tertiary/aromatic N) is 3. The lowest BCUT2D eigenvalue weighted by molar-refractivity contribution is 0.0816. The highest BCUT2D eigenvalue weighted by molar-refractivity contribution is 5.88. The topological polar surface area (TPSA) is 103 Å². The maximum atomic E-state index is 11.1. The zero-order valence-corrected chi connectivity index (χ0v) is 17.2. The SMILES string of the molecule is COC1CCN(c2nc(-c3ccc(NC(N)=O)cc3)nc3c2CCC2(CC2)O3)CC1. The minimum absolute atomic E-state index is 0.00575. The fourth-order valence-corrected chi connectivity index (χ4v) is 4.39. The molecule has 8 nitrogen and oxygen atoms in total. The number of anilines is 2. The van der Waals surface area contributed by atoms with Crippen molar-refractivity contribution in [1.82, 2.24) is 9.97 Å². The van der Waals surface area contributed by atoms with Crippen LogP contribution < -0.4 is 20.7 Å². The fourth-order valence-electron chi connectivity index (χ4n) is 4.39. The van der Waals surface area contributed by atoms with E-state index in [0.717, 1.165) is 74.4 Å². The smallest absolute Gasteiger partial charge is 0.316 e. The van der Waals surface area contributed by atoms with Crippen LogP contribution in [0, 0.1) is 0 Å². The number of hydrogen-bond acceptors (Lipinski definition) is 6. The number of nitrogens with two attached hydrogens (primary N) is 1. The first-order chi connectivity index (χ1) is 14.5. The fraction of sp³-hybridized carbons (Fsp3) is 0.500. The van der Waals surface area contributed by atoms with E-state index in [4.69, 9.17) is 25.2 Å². The van der Waals surface area contributed by atoms with Crippen molar-refractivity contribution in [2.75, 3.05) is 30.4 Å². The number of fused-ring (bicyclic) bond motifs is 1. The zero-order chi connectivity index (χ0) is 20.7. The van der Waals surface area contributed by atoms with Crippen molar-refractivity contribution in [3.8, 4) is 17.3 Å². The number of amides is 2. The van der Waals surface area contributed by atoms with E-state index in [1.807, 2.05) is 12.1 Å². The molecule has 2 aromatic rings. The Morgan fingerprint density at radius 2 is 1.93 bits per heavy atom. The van der Waals surface area contributed by atoms with E-state index in [1.54, 1.807) is 19.2 Å². The van der Waals surface area contributed by atoms with E-state index in [2.05, 4.69) is 10.2 Å². The van der Waals surface area contributed by atoms with Crippen molar-refractivity contribution in [3.05, 3.63) is 29.8 Å². The van der Waals surface area contributed by atoms with Crippen LogP contribution in [0.4, 0.5) is 16.3 Å². The quantitative estimate of drug-likeness (QED) is 0.804. The molecule has 5 rings (SSSR count). The summed E-state index contributed by atoms with van der Waals surface area (Å²) in [5.41, 5.74) is 7.83. The van der Waals surface area contributed by atoms with Gasteiger partial charge in [-0.2, -0.15) is 4.98 Å². The van der Waals surface area contributed by atoms with Crippen LogP contribution in [0.25, 0.3) is 11.4 Å². The zero-order valence-electron chi connectivity index (χ0n) is 17.2. The molecule has 2 fully saturated rings. The summed E-state index contributed by atoms with van der Waals surface area (Å²) in [6, 6.07) is 6.80. The van der Waals surface area contributed by atoms with Crippen LogP contribution in [0.2, 0.25) is 0 Å². The molecule has 0 unspecified atom stereocenters. The maximum absolute atomic E-state index is 11.1. The number of ether oxygens (including phenoxy) is 2. The summed E-state index contributed by atoms with van der Waals surface area (Å²) in [6.07, 6.45) is 6.50. The van der Waals surface area contributed by atoms with E-state index in [0.29, 0.717) is 17.6 Å². The minimum Gasteiger partial charge on any atom is -0.471 e. The summed E-state index contributed by atoms with van der Waals surface area (Å²) in [6.45, 7) is 1.82. The van der Waals surface area contributed by atoms with Crippen LogP contribution in [-0.2, 0) is 11.2 Å². The average Bonchev–Trinajstić information content (AvgIpc) is 3.51. The van der Waals surface area contributed by atoms with Crippen LogP contribution >= 0.6 is 0 Å². The van der Waals surface area contributed by atoms with Crippen molar-refractivity contribution in [2.24, 2.45) is 5.73 Å². The lowest BCUT2D eigenvalue weighted by Crippen LogP contribution is -2.38. The predicted octanol–water partition coefficient (Wildman–Crippen LogP) is 3.11. The van der Waals surface area contributed by atoms with Gasteiger partial charge in [-0.25, -0.2) is 9.78 Å². The number of carbonyl (C=O) groups is 1. The largest absolute Gasteiger partial charge is 0.471 e. The predicted molar refractivity (Wildman–Crippen MR) is 114 cm³/mol. The number of carbonyl (C=O) groups excluding carboxylic acids is 1. The Kier molecular flexibility index (Phi) is 4.73. The Hall–Kier alpha value is -2.87. The monoisotopic (exact) mass is 409 g/mol. The molecule has 1 saturated heterocycles. The standard InChI is InChI=1S/C22H27N5O3/c1-29-16-7-12-27(13-8-16)19-17-6-9-22(10-11-22)30-20(17)26-18(25-19)14-2-4-15(5-3-14)24-21(23)28/h2-5,16H,6-13H2,1H3,(H3,23,24,28). The van der Waals surface area contributed by atoms with Gasteiger partial charge in [0.1, 0.15) is 11.4 Å². The molecule has 0 radical (unpaired) electrons. The Balaban J connectivity index is 1.49. The van der Waals surface area contributed by atoms with Crippen LogP contribution in [0.3, 0.4) is 0 Å². The summed E-state index contributed by atoms with van der Waals surface area (Å²) in [4.78, 5) is 23.2. The van der Waals surface area contributed by atoms with E-state index in [9.17, 15) is 4.79 Å². The molecule has 3 N–H and O–H groups in total. The number of rotatable bonds is 4. The molecular formula is C22H27N5O3. The maximum Gasteiger partial charge on any atom is 0.316 e. The van der Waals surface area contributed by atoms with Gasteiger partial charge in [0.15, 0.2) is 5.82 Å². The van der Waals surface area contributed by atoms with Gasteiger partial charge >= 0.3 is 6.03 Å². The number of urea groups is 1. The lowest BCUT2D eigenvalue weighted by Gasteiger charge is -2.35. The second kappa shape index (κ2) is 7.43. The number of methoxy groups -OCH3 is 1. The Morgan fingerprint density at radius 1 is 1.20 bits per heavy atom. The Morgan fingerprint density at radius 3 is 2.57 bits per heavy atom. The van der Waals surface area contributed by atoms with Crippen molar-refractivity contribution in [3.63, 3.8) is 0 Å². The molecule has 3 heterocycles. The molecule has 0 atom stereocenters. The highest BCUT2D eigenvalue weighted by Crippen LogP contribution is 2.49. The molecule has 8 heteroatoms. The number of primary amides is 1. The van der Waals surface area contributed by atoms with Gasteiger partial charge in [0.25, 0.3) is 0 Å². The summed E-state index contributed by atoms with van der Waals surface area (Å²) in [5.74, 6) is 2.35. The summed E-state index contributed by atoms with van der Waals surface area (Å²) in [5, 5.41) is 2.58. The van der Waals surface area contributed by atoms with Crippen LogP contribution in [0.15, 0.2) is 24.3 Å². The van der Waals surface area contributed by atoms with E-state index in [-0.39, 0.29) is 5.60 Å². The molecule has 1 aromatic carbocycles. The van der Waals surface area contributed by atoms with Gasteiger partial charge in [0.05, 0.1) is 11.7 Å². The number of piperidine rings is 1. The molecule has 2 aliphatic heterocycles. The van der Waals surface area contributed by atoms with Crippen molar-refractivity contribution >= 4 is 17.5 Å². The molecule has 1 spiro atoms. The first-order valence-electron chi connectivity index (χ1n) is 10.6. The van der Waals surface area contributed by atoms with Gasteiger partial charge in [-0.05, 0) is 62.8 Å². The first kappa shape index (κ1) is 19.1. The minimum atomic E-state index is -0.586. The third-order valence-corrected chi connectivity index (χ3v) is 6.38. The summed E-state index contributed by atoms with van der Waals surface area (Å²) >= 11 is 0. The van der Waals surface area contributed by atoms with E-state index < -0.39 is 6.03 Å². The van der Waals surface area contributed by atoms with Gasteiger partial charge in [-0.15, -0.1) is 0 Å². The molecule has 158 valence electrons. The van der Waals surface area contributed by atoms with Crippen molar-refractivity contribution in [1.29, 1.82) is 0 Å². The van der Waals surface area contributed by atoms with Gasteiger partial charge in [-0.3, -0.25) is 0 Å². The molecule has 1 aromatic heterocycles. The van der Waals surface area contributed by atoms with Gasteiger partial charge in [0, 0.05) is 31.5 Å². The number of benzene rings is 1. The van der Waals surface area contributed by atoms with Crippen LogP contribution in [0.1, 0.15) is 37.7 Å². The summed E-state index contributed by atoms with van der Waals surface area (Å²) in [7, 11) is 1.78. The summed E-state index contributed by atoms with van der Waals surface area (Å²) < 4.78 is 11.9. The number of aromatic nitrogens is 2. The molecule has 3 aliphatic rings. The van der Waals surface area contributed by atoms with Crippen molar-refractivity contribution < 1.29 is 14.3 Å². The Bertz CT molecular complexity index is 950. The molecule has 2 amide bonds. The average molecular weight is 409 g/mol. The number of nitrogens with one attached hydrogen (secondary N) is 1. The van der Waals surface area contributed by atoms with Crippen LogP contribution in [0.5, 0.6) is 5.88 Å². The molecule has 0 bridgehead atoms. The van der Waals surface area contributed by atoms with Crippen molar-refractivity contribution in [2.45, 2.75) is 50.2 Å². The third kappa shape index (κ3) is 3.67. The highest BCUT2D eigenvalue weighted by atomic mass is 16.5. The van der Waals surface area contributed by atoms with Gasteiger partial charge in [-0.1, -0.05) is 0 Å². The van der Waals surface area contributed by atoms with Gasteiger partial charge in [0.2, 0.25) is 5.88 Å². The third-order valence-electron chi connectivity index (χ3n) is 6.38. The van der Waals surface area contributed by atoms with Gasteiger partial charge < -0.3 is 25.4 Å². The molecule has 1 saturated carbocycles. The molecule has 30 heavy (non-hydrogen) atoms. The normalized spacial score (nSPS) is 19.8. The molecular weight excluding hydrogens is 382 g/mol. The highest BCUT2D eigenvalue weighted by Gasteiger charge is 2.49. The molecule has 1 aliphatic carbocycles. The Labute approximate surface area is 175 Å².